The van der Waals surface area contributed by atoms with Crippen molar-refractivity contribution in [1.29, 1.82) is 0 Å². The number of methoxy groups -OCH3 is 1. The van der Waals surface area contributed by atoms with Crippen molar-refractivity contribution in [1.82, 2.24) is 10.0 Å². The molecule has 0 radical (unpaired) electrons. The first-order valence-electron chi connectivity index (χ1n) is 7.29. The summed E-state index contributed by atoms with van der Waals surface area (Å²) >= 11 is 0. The largest absolute Gasteiger partial charge is 0.497 e. The minimum atomic E-state index is -3.47. The first-order valence-corrected chi connectivity index (χ1v) is 8.78. The quantitative estimate of drug-likeness (QED) is 0.866. The molecule has 0 saturated carbocycles. The average molecular weight is 312 g/mol. The molecule has 1 saturated heterocycles. The number of hydrogen-bond acceptors (Lipinski definition) is 4. The van der Waals surface area contributed by atoms with Crippen molar-refractivity contribution in [3.05, 3.63) is 23.3 Å². The van der Waals surface area contributed by atoms with Crippen LogP contribution in [0.25, 0.3) is 0 Å². The molecule has 0 unspecified atom stereocenters. The number of sulfonamides is 1. The summed E-state index contributed by atoms with van der Waals surface area (Å²) < 4.78 is 33.0. The fraction of sp³-hybridized carbons (Fsp3) is 0.600. The fourth-order valence-electron chi connectivity index (χ4n) is 2.84. The van der Waals surface area contributed by atoms with Gasteiger partial charge < -0.3 is 10.1 Å². The Morgan fingerprint density at radius 2 is 1.81 bits per heavy atom. The lowest BCUT2D eigenvalue weighted by molar-refractivity contribution is 0.372. The van der Waals surface area contributed by atoms with Gasteiger partial charge >= 0.3 is 0 Å². The molecule has 0 bridgehead atoms. The summed E-state index contributed by atoms with van der Waals surface area (Å²) in [5.74, 6) is 1.10. The minimum Gasteiger partial charge on any atom is -0.497 e. The van der Waals surface area contributed by atoms with Crippen LogP contribution >= 0.6 is 0 Å². The Labute approximate surface area is 127 Å². The van der Waals surface area contributed by atoms with E-state index in [0.717, 1.165) is 25.9 Å². The van der Waals surface area contributed by atoms with Gasteiger partial charge in [-0.05, 0) is 69.0 Å². The number of benzene rings is 1. The topological polar surface area (TPSA) is 67.4 Å². The Morgan fingerprint density at radius 1 is 1.24 bits per heavy atom. The normalized spacial score (nSPS) is 16.9. The van der Waals surface area contributed by atoms with E-state index in [-0.39, 0.29) is 0 Å². The second kappa shape index (κ2) is 6.77. The molecule has 1 heterocycles. The van der Waals surface area contributed by atoms with Crippen LogP contribution in [0.5, 0.6) is 5.75 Å². The Morgan fingerprint density at radius 3 is 2.33 bits per heavy atom. The average Bonchev–Trinajstić information content (AvgIpc) is 2.45. The van der Waals surface area contributed by atoms with E-state index in [1.165, 1.54) is 0 Å². The van der Waals surface area contributed by atoms with Crippen LogP contribution in [-0.4, -0.2) is 35.2 Å². The van der Waals surface area contributed by atoms with Crippen LogP contribution in [0.15, 0.2) is 17.0 Å². The molecule has 0 atom stereocenters. The fourth-order valence-corrected chi connectivity index (χ4v) is 4.40. The predicted octanol–water partition coefficient (Wildman–Crippen LogP) is 1.59. The van der Waals surface area contributed by atoms with Crippen molar-refractivity contribution in [3.63, 3.8) is 0 Å². The monoisotopic (exact) mass is 312 g/mol. The molecule has 1 aromatic carbocycles. The molecule has 5 nitrogen and oxygen atoms in total. The summed E-state index contributed by atoms with van der Waals surface area (Å²) in [6.07, 6.45) is 2.03. The molecule has 1 fully saturated rings. The van der Waals surface area contributed by atoms with Gasteiger partial charge in [0.05, 0.1) is 12.0 Å². The first-order chi connectivity index (χ1) is 9.94. The number of ether oxygens (including phenoxy) is 1. The van der Waals surface area contributed by atoms with Gasteiger partial charge in [-0.15, -0.1) is 0 Å². The van der Waals surface area contributed by atoms with Gasteiger partial charge in [-0.2, -0.15) is 0 Å². The van der Waals surface area contributed by atoms with Crippen molar-refractivity contribution in [2.24, 2.45) is 5.92 Å². The van der Waals surface area contributed by atoms with Crippen molar-refractivity contribution in [2.45, 2.75) is 31.6 Å². The van der Waals surface area contributed by atoms with Gasteiger partial charge in [0.1, 0.15) is 5.75 Å². The van der Waals surface area contributed by atoms with Crippen molar-refractivity contribution in [3.8, 4) is 5.75 Å². The molecular formula is C15H24N2O3S. The van der Waals surface area contributed by atoms with Crippen LogP contribution in [-0.2, 0) is 10.0 Å². The summed E-state index contributed by atoms with van der Waals surface area (Å²) in [6.45, 7) is 6.04. The highest BCUT2D eigenvalue weighted by atomic mass is 32.2. The maximum atomic E-state index is 12.5. The Bertz CT molecular complexity index is 570. The summed E-state index contributed by atoms with van der Waals surface area (Å²) in [7, 11) is -1.89. The molecule has 118 valence electrons. The third kappa shape index (κ3) is 3.96. The molecule has 0 spiro atoms. The van der Waals surface area contributed by atoms with Gasteiger partial charge in [0.25, 0.3) is 0 Å². The molecular weight excluding hydrogens is 288 g/mol. The molecule has 0 aliphatic carbocycles. The standard InChI is InChI=1S/C15H24N2O3S/c1-11-8-14(20-3)9-12(2)15(11)21(18,19)17-10-13-4-6-16-7-5-13/h8-9,13,16-17H,4-7,10H2,1-3H3. The van der Waals surface area contributed by atoms with Crippen LogP contribution in [0.2, 0.25) is 0 Å². The smallest absolute Gasteiger partial charge is 0.241 e. The molecule has 0 amide bonds. The zero-order valence-corrected chi connectivity index (χ0v) is 13.7. The van der Waals surface area contributed by atoms with Crippen molar-refractivity contribution in [2.75, 3.05) is 26.7 Å². The van der Waals surface area contributed by atoms with Gasteiger partial charge in [0.15, 0.2) is 0 Å². The van der Waals surface area contributed by atoms with Gasteiger partial charge in [-0.1, -0.05) is 0 Å². The number of rotatable bonds is 5. The molecule has 1 aromatic rings. The minimum absolute atomic E-state index is 0.372. The molecule has 0 aromatic heterocycles. The second-order valence-electron chi connectivity index (χ2n) is 5.64. The number of nitrogens with one attached hydrogen (secondary N) is 2. The third-order valence-corrected chi connectivity index (χ3v) is 5.69. The highest BCUT2D eigenvalue weighted by Gasteiger charge is 2.22. The Kier molecular flexibility index (Phi) is 5.24. The number of hydrogen-bond donors (Lipinski definition) is 2. The van der Waals surface area contributed by atoms with Gasteiger partial charge in [0, 0.05) is 6.54 Å². The highest BCUT2D eigenvalue weighted by molar-refractivity contribution is 7.89. The first kappa shape index (κ1) is 16.3. The molecule has 2 rings (SSSR count). The van der Waals surface area contributed by atoms with Crippen molar-refractivity contribution < 1.29 is 13.2 Å². The molecule has 21 heavy (non-hydrogen) atoms. The van der Waals surface area contributed by atoms with E-state index in [9.17, 15) is 8.42 Å². The zero-order chi connectivity index (χ0) is 15.5. The summed E-state index contributed by atoms with van der Waals surface area (Å²) in [6, 6.07) is 3.51. The summed E-state index contributed by atoms with van der Waals surface area (Å²) in [5.41, 5.74) is 1.43. The van der Waals surface area contributed by atoms with Gasteiger partial charge in [0.2, 0.25) is 10.0 Å². The van der Waals surface area contributed by atoms with Crippen LogP contribution in [0, 0.1) is 19.8 Å². The predicted molar refractivity (Wildman–Crippen MR) is 83.3 cm³/mol. The third-order valence-electron chi connectivity index (χ3n) is 3.96. The molecule has 2 N–H and O–H groups in total. The molecule has 1 aliphatic rings. The van der Waals surface area contributed by atoms with E-state index in [2.05, 4.69) is 10.0 Å². The summed E-state index contributed by atoms with van der Waals surface area (Å²) in [5, 5.41) is 3.28. The number of piperidine rings is 1. The van der Waals surface area contributed by atoms with Gasteiger partial charge in [-0.25, -0.2) is 13.1 Å². The number of aryl methyl sites for hydroxylation is 2. The Balaban J connectivity index is 2.15. The maximum absolute atomic E-state index is 12.5. The zero-order valence-electron chi connectivity index (χ0n) is 12.9. The van der Waals surface area contributed by atoms with Crippen molar-refractivity contribution >= 4 is 10.0 Å². The van der Waals surface area contributed by atoms with E-state index >= 15 is 0 Å². The van der Waals surface area contributed by atoms with E-state index in [1.54, 1.807) is 33.1 Å². The second-order valence-corrected chi connectivity index (χ2v) is 7.34. The molecule has 1 aliphatic heterocycles. The van der Waals surface area contributed by atoms with E-state index in [4.69, 9.17) is 4.74 Å². The SMILES string of the molecule is COc1cc(C)c(S(=O)(=O)NCC2CCNCC2)c(C)c1. The highest BCUT2D eigenvalue weighted by Crippen LogP contribution is 2.25. The lowest BCUT2D eigenvalue weighted by Gasteiger charge is -2.23. The van der Waals surface area contributed by atoms with Crippen LogP contribution in [0.4, 0.5) is 0 Å². The van der Waals surface area contributed by atoms with Crippen LogP contribution in [0.1, 0.15) is 24.0 Å². The summed E-state index contributed by atoms with van der Waals surface area (Å²) in [4.78, 5) is 0.372. The lowest BCUT2D eigenvalue weighted by Crippen LogP contribution is -2.36. The Hall–Kier alpha value is -1.11. The van der Waals surface area contributed by atoms with E-state index in [0.29, 0.717) is 34.2 Å². The maximum Gasteiger partial charge on any atom is 0.241 e. The van der Waals surface area contributed by atoms with Gasteiger partial charge in [-0.3, -0.25) is 0 Å². The molecule has 6 heteroatoms. The van der Waals surface area contributed by atoms with Crippen LogP contribution < -0.4 is 14.8 Å². The lowest BCUT2D eigenvalue weighted by atomic mass is 9.99. The van der Waals surface area contributed by atoms with E-state index < -0.39 is 10.0 Å². The van der Waals surface area contributed by atoms with E-state index in [1.807, 2.05) is 0 Å². The van der Waals surface area contributed by atoms with Crippen LogP contribution in [0.3, 0.4) is 0 Å².